The minimum absolute atomic E-state index is 0.0384. The summed E-state index contributed by atoms with van der Waals surface area (Å²) in [5.74, 6) is -0.169. The summed E-state index contributed by atoms with van der Waals surface area (Å²) < 4.78 is 50.0. The highest BCUT2D eigenvalue weighted by atomic mass is 19.4. The van der Waals surface area contributed by atoms with E-state index in [1.165, 1.54) is 18.2 Å². The minimum atomic E-state index is -4.97. The van der Waals surface area contributed by atoms with Gasteiger partial charge in [0.2, 0.25) is 6.79 Å². The molecule has 2 unspecified atom stereocenters. The van der Waals surface area contributed by atoms with Crippen molar-refractivity contribution >= 4 is 0 Å². The fourth-order valence-corrected chi connectivity index (χ4v) is 2.43. The quantitative estimate of drug-likeness (QED) is 0.898. The van der Waals surface area contributed by atoms with Crippen molar-refractivity contribution < 1.29 is 32.9 Å². The lowest BCUT2D eigenvalue weighted by Crippen LogP contribution is -2.51. The summed E-state index contributed by atoms with van der Waals surface area (Å²) in [4.78, 5) is 0. The number of ether oxygens (including phenoxy) is 2. The molecule has 0 aromatic heterocycles. The third-order valence-corrected chi connectivity index (χ3v) is 3.38. The molecule has 7 heteroatoms. The number of rotatable bonds is 4. The Hall–Kier alpha value is -1.47. The zero-order chi connectivity index (χ0) is 15.8. The van der Waals surface area contributed by atoms with Gasteiger partial charge in [-0.3, -0.25) is 0 Å². The van der Waals surface area contributed by atoms with Crippen molar-refractivity contribution in [3.63, 3.8) is 0 Å². The van der Waals surface area contributed by atoms with Crippen molar-refractivity contribution in [3.8, 4) is 11.5 Å². The molecule has 0 radical (unpaired) electrons. The summed E-state index contributed by atoms with van der Waals surface area (Å²) in [6.07, 6.45) is -7.75. The average Bonchev–Trinajstić information content (AvgIpc) is 2.83. The fourth-order valence-electron chi connectivity index (χ4n) is 2.43. The first-order valence-electron chi connectivity index (χ1n) is 6.52. The molecule has 1 aliphatic rings. The lowest BCUT2D eigenvalue weighted by Gasteiger charge is -2.36. The normalized spacial score (nSPS) is 18.7. The first-order valence-corrected chi connectivity index (χ1v) is 6.52. The van der Waals surface area contributed by atoms with Crippen LogP contribution in [0, 0.1) is 5.92 Å². The van der Waals surface area contributed by atoms with Crippen molar-refractivity contribution in [2.45, 2.75) is 38.1 Å². The van der Waals surface area contributed by atoms with Crippen molar-refractivity contribution in [2.24, 2.45) is 5.92 Å². The molecule has 0 aliphatic carbocycles. The maximum Gasteiger partial charge on any atom is 0.420 e. The van der Waals surface area contributed by atoms with E-state index in [0.29, 0.717) is 0 Å². The Morgan fingerprint density at radius 1 is 1.24 bits per heavy atom. The second-order valence-electron chi connectivity index (χ2n) is 5.50. The molecule has 0 amide bonds. The van der Waals surface area contributed by atoms with Crippen LogP contribution < -0.4 is 9.47 Å². The Labute approximate surface area is 120 Å². The number of fused-ring (bicyclic) bond motifs is 1. The van der Waals surface area contributed by atoms with Gasteiger partial charge >= 0.3 is 6.18 Å². The van der Waals surface area contributed by atoms with E-state index in [4.69, 9.17) is 9.47 Å². The molecule has 1 aliphatic heterocycles. The molecule has 0 saturated heterocycles. The number of hydrogen-bond donors (Lipinski definition) is 2. The van der Waals surface area contributed by atoms with Gasteiger partial charge in [0.25, 0.3) is 0 Å². The molecule has 21 heavy (non-hydrogen) atoms. The Morgan fingerprint density at radius 3 is 2.48 bits per heavy atom. The second kappa shape index (κ2) is 5.38. The molecule has 4 nitrogen and oxygen atoms in total. The van der Waals surface area contributed by atoms with Crippen LogP contribution in [-0.2, 0) is 0 Å². The lowest BCUT2D eigenvalue weighted by molar-refractivity contribution is -0.297. The summed E-state index contributed by atoms with van der Waals surface area (Å²) >= 11 is 0. The van der Waals surface area contributed by atoms with Gasteiger partial charge in [-0.05, 0) is 18.4 Å². The minimum Gasteiger partial charge on any atom is -0.454 e. The van der Waals surface area contributed by atoms with Crippen LogP contribution >= 0.6 is 0 Å². The molecule has 2 rings (SSSR count). The number of halogens is 3. The van der Waals surface area contributed by atoms with Crippen molar-refractivity contribution in [3.05, 3.63) is 23.8 Å². The van der Waals surface area contributed by atoms with E-state index in [-0.39, 0.29) is 23.9 Å². The van der Waals surface area contributed by atoms with E-state index in [2.05, 4.69) is 0 Å². The summed E-state index contributed by atoms with van der Waals surface area (Å²) in [6, 6.07) is 4.25. The molecule has 0 bridgehead atoms. The number of benzene rings is 1. The summed E-state index contributed by atoms with van der Waals surface area (Å²) in [5, 5.41) is 20.3. The Kier molecular flexibility index (Phi) is 4.08. The predicted molar refractivity (Wildman–Crippen MR) is 68.0 cm³/mol. The van der Waals surface area contributed by atoms with Gasteiger partial charge < -0.3 is 19.7 Å². The van der Waals surface area contributed by atoms with Crippen molar-refractivity contribution in [1.29, 1.82) is 0 Å². The van der Waals surface area contributed by atoms with Gasteiger partial charge in [-0.1, -0.05) is 26.0 Å². The molecule has 1 heterocycles. The number of aliphatic hydroxyl groups is 2. The number of alkyl halides is 3. The molecule has 0 saturated carbocycles. The Morgan fingerprint density at radius 2 is 1.90 bits per heavy atom. The third kappa shape index (κ3) is 2.80. The highest BCUT2D eigenvalue weighted by molar-refractivity contribution is 5.49. The summed E-state index contributed by atoms with van der Waals surface area (Å²) in [7, 11) is 0. The summed E-state index contributed by atoms with van der Waals surface area (Å²) in [5.41, 5.74) is -3.38. The van der Waals surface area contributed by atoms with E-state index < -0.39 is 30.2 Å². The van der Waals surface area contributed by atoms with E-state index in [0.717, 1.165) is 0 Å². The first kappa shape index (κ1) is 15.9. The molecule has 1 aromatic carbocycles. The maximum atomic E-state index is 13.3. The maximum absolute atomic E-state index is 13.3. The largest absolute Gasteiger partial charge is 0.454 e. The Bertz CT molecular complexity index is 515. The molecule has 118 valence electrons. The summed E-state index contributed by atoms with van der Waals surface area (Å²) in [6.45, 7) is 2.95. The molecule has 0 fully saturated rings. The van der Waals surface area contributed by atoms with Gasteiger partial charge in [-0.25, -0.2) is 0 Å². The smallest absolute Gasteiger partial charge is 0.420 e. The van der Waals surface area contributed by atoms with Gasteiger partial charge in [0.15, 0.2) is 17.1 Å². The van der Waals surface area contributed by atoms with Gasteiger partial charge in [0.05, 0.1) is 0 Å². The van der Waals surface area contributed by atoms with Gasteiger partial charge in [0.1, 0.15) is 6.10 Å². The second-order valence-corrected chi connectivity index (χ2v) is 5.50. The van der Waals surface area contributed by atoms with Crippen LogP contribution in [0.1, 0.15) is 31.9 Å². The molecular formula is C14H17F3O4. The molecule has 2 atom stereocenters. The van der Waals surface area contributed by atoms with Gasteiger partial charge in [0, 0.05) is 5.56 Å². The fraction of sp³-hybridized carbons (Fsp3) is 0.571. The SMILES string of the molecule is CC(C)CC(O)(C(O)c1cccc2c1OCO2)C(F)(F)F. The average molecular weight is 306 g/mol. The zero-order valence-electron chi connectivity index (χ0n) is 11.6. The van der Waals surface area contributed by atoms with Crippen LogP contribution in [0.15, 0.2) is 18.2 Å². The van der Waals surface area contributed by atoms with Crippen molar-refractivity contribution in [1.82, 2.24) is 0 Å². The first-order chi connectivity index (χ1) is 9.67. The number of para-hydroxylation sites is 1. The van der Waals surface area contributed by atoms with Crippen LogP contribution in [-0.4, -0.2) is 28.8 Å². The molecule has 0 spiro atoms. The van der Waals surface area contributed by atoms with Crippen LogP contribution in [0.25, 0.3) is 0 Å². The van der Waals surface area contributed by atoms with Crippen LogP contribution in [0.3, 0.4) is 0 Å². The van der Waals surface area contributed by atoms with Crippen LogP contribution in [0.2, 0.25) is 0 Å². The molecule has 2 N–H and O–H groups in total. The van der Waals surface area contributed by atoms with E-state index >= 15 is 0 Å². The van der Waals surface area contributed by atoms with E-state index in [1.807, 2.05) is 0 Å². The van der Waals surface area contributed by atoms with Crippen LogP contribution in [0.4, 0.5) is 13.2 Å². The standard InChI is InChI=1S/C14H17F3O4/c1-8(2)6-13(19,14(15,16)17)12(18)9-4-3-5-10-11(9)21-7-20-10/h3-5,8,12,18-19H,6-7H2,1-2H3. The van der Waals surface area contributed by atoms with Gasteiger partial charge in [-0.15, -0.1) is 0 Å². The highest BCUT2D eigenvalue weighted by Gasteiger charge is 2.59. The van der Waals surface area contributed by atoms with Crippen molar-refractivity contribution in [2.75, 3.05) is 6.79 Å². The van der Waals surface area contributed by atoms with Crippen LogP contribution in [0.5, 0.6) is 11.5 Å². The van der Waals surface area contributed by atoms with E-state index in [9.17, 15) is 23.4 Å². The third-order valence-electron chi connectivity index (χ3n) is 3.38. The zero-order valence-corrected chi connectivity index (χ0v) is 11.6. The Balaban J connectivity index is 2.44. The van der Waals surface area contributed by atoms with E-state index in [1.54, 1.807) is 13.8 Å². The highest BCUT2D eigenvalue weighted by Crippen LogP contribution is 2.48. The molecule has 1 aromatic rings. The molecular weight excluding hydrogens is 289 g/mol. The number of hydrogen-bond acceptors (Lipinski definition) is 4. The lowest BCUT2D eigenvalue weighted by atomic mass is 9.83. The predicted octanol–water partition coefficient (Wildman–Crippen LogP) is 2.79. The number of aliphatic hydroxyl groups excluding tert-OH is 1. The monoisotopic (exact) mass is 306 g/mol. The topological polar surface area (TPSA) is 58.9 Å². The van der Waals surface area contributed by atoms with Gasteiger partial charge in [-0.2, -0.15) is 13.2 Å².